The van der Waals surface area contributed by atoms with Gasteiger partial charge in [0, 0.05) is 23.5 Å². The van der Waals surface area contributed by atoms with Crippen LogP contribution in [0.25, 0.3) is 0 Å². The Morgan fingerprint density at radius 1 is 1.56 bits per heavy atom. The van der Waals surface area contributed by atoms with E-state index in [2.05, 4.69) is 26.6 Å². The van der Waals surface area contributed by atoms with Crippen LogP contribution in [-0.2, 0) is 16.0 Å². The van der Waals surface area contributed by atoms with Crippen molar-refractivity contribution >= 4 is 33.4 Å². The van der Waals surface area contributed by atoms with Crippen molar-refractivity contribution in [1.82, 2.24) is 5.32 Å². The summed E-state index contributed by atoms with van der Waals surface area (Å²) in [6, 6.07) is 5.20. The van der Waals surface area contributed by atoms with Gasteiger partial charge in [-0.2, -0.15) is 0 Å². The van der Waals surface area contributed by atoms with Crippen LogP contribution in [0.3, 0.4) is 0 Å². The fourth-order valence-corrected chi connectivity index (χ4v) is 2.16. The van der Waals surface area contributed by atoms with Crippen LogP contribution >= 0.6 is 15.9 Å². The molecule has 1 aliphatic rings. The van der Waals surface area contributed by atoms with E-state index in [0.717, 1.165) is 15.7 Å². The lowest BCUT2D eigenvalue weighted by molar-refractivity contribution is -0.125. The van der Waals surface area contributed by atoms with Gasteiger partial charge in [-0.1, -0.05) is 15.9 Å². The van der Waals surface area contributed by atoms with Gasteiger partial charge >= 0.3 is 0 Å². The lowest BCUT2D eigenvalue weighted by Gasteiger charge is -2.25. The molecule has 2 amide bonds. The van der Waals surface area contributed by atoms with Gasteiger partial charge in [-0.25, -0.2) is 0 Å². The Balaban J connectivity index is 2.26. The molecule has 16 heavy (non-hydrogen) atoms. The first-order valence-electron chi connectivity index (χ1n) is 4.92. The van der Waals surface area contributed by atoms with Crippen molar-refractivity contribution in [2.75, 3.05) is 5.32 Å². The molecule has 1 aromatic rings. The van der Waals surface area contributed by atoms with Gasteiger partial charge < -0.3 is 10.6 Å². The molecule has 1 heterocycles. The van der Waals surface area contributed by atoms with Gasteiger partial charge in [0.1, 0.15) is 6.04 Å². The number of nitrogens with one attached hydrogen (secondary N) is 2. The van der Waals surface area contributed by atoms with Crippen molar-refractivity contribution in [3.63, 3.8) is 0 Å². The molecule has 0 radical (unpaired) electrons. The molecule has 1 atom stereocenters. The van der Waals surface area contributed by atoms with Gasteiger partial charge in [0.05, 0.1) is 0 Å². The monoisotopic (exact) mass is 282 g/mol. The van der Waals surface area contributed by atoms with Crippen LogP contribution in [0.2, 0.25) is 0 Å². The normalized spacial score (nSPS) is 18.6. The number of amides is 2. The highest BCUT2D eigenvalue weighted by atomic mass is 79.9. The summed E-state index contributed by atoms with van der Waals surface area (Å²) in [6.45, 7) is 1.41. The first kappa shape index (κ1) is 11.1. The Kier molecular flexibility index (Phi) is 2.96. The standard InChI is InChI=1S/C11H11BrN2O2/c1-6(15)13-10-5-7-4-8(12)2-3-9(7)14-11(10)16/h2-4,10H,5H2,1H3,(H,13,15)(H,14,16). The number of rotatable bonds is 1. The highest BCUT2D eigenvalue weighted by molar-refractivity contribution is 9.10. The van der Waals surface area contributed by atoms with Crippen molar-refractivity contribution < 1.29 is 9.59 Å². The van der Waals surface area contributed by atoms with Crippen molar-refractivity contribution in [2.24, 2.45) is 0 Å². The van der Waals surface area contributed by atoms with Gasteiger partial charge in [-0.15, -0.1) is 0 Å². The lowest BCUT2D eigenvalue weighted by Crippen LogP contribution is -2.46. The fraction of sp³-hybridized carbons (Fsp3) is 0.273. The molecule has 0 aliphatic carbocycles. The number of hydrogen-bond donors (Lipinski definition) is 2. The number of fused-ring (bicyclic) bond motifs is 1. The zero-order valence-electron chi connectivity index (χ0n) is 8.71. The molecule has 0 spiro atoms. The van der Waals surface area contributed by atoms with Crippen LogP contribution in [0.4, 0.5) is 5.69 Å². The van der Waals surface area contributed by atoms with Crippen LogP contribution in [-0.4, -0.2) is 17.9 Å². The van der Waals surface area contributed by atoms with Gasteiger partial charge in [-0.05, 0) is 23.8 Å². The highest BCUT2D eigenvalue weighted by Crippen LogP contribution is 2.25. The molecule has 1 unspecified atom stereocenters. The Hall–Kier alpha value is -1.36. The zero-order valence-corrected chi connectivity index (χ0v) is 10.3. The van der Waals surface area contributed by atoms with Crippen LogP contribution < -0.4 is 10.6 Å². The third kappa shape index (κ3) is 2.24. The number of carbonyl (C=O) groups is 2. The molecule has 1 aliphatic heterocycles. The van der Waals surface area contributed by atoms with E-state index in [1.807, 2.05) is 18.2 Å². The Morgan fingerprint density at radius 3 is 3.00 bits per heavy atom. The van der Waals surface area contributed by atoms with Gasteiger partial charge in [-0.3, -0.25) is 9.59 Å². The van der Waals surface area contributed by atoms with Crippen molar-refractivity contribution in [3.05, 3.63) is 28.2 Å². The van der Waals surface area contributed by atoms with Crippen molar-refractivity contribution in [1.29, 1.82) is 0 Å². The summed E-state index contributed by atoms with van der Waals surface area (Å²) in [6.07, 6.45) is 0.528. The Morgan fingerprint density at radius 2 is 2.31 bits per heavy atom. The van der Waals surface area contributed by atoms with Gasteiger partial charge in [0.2, 0.25) is 11.8 Å². The maximum Gasteiger partial charge on any atom is 0.247 e. The molecular weight excluding hydrogens is 272 g/mol. The average Bonchev–Trinajstić information content (AvgIpc) is 2.19. The summed E-state index contributed by atoms with van der Waals surface area (Å²) < 4.78 is 0.962. The highest BCUT2D eigenvalue weighted by Gasteiger charge is 2.26. The Bertz CT molecular complexity index is 459. The van der Waals surface area contributed by atoms with Crippen molar-refractivity contribution in [2.45, 2.75) is 19.4 Å². The minimum Gasteiger partial charge on any atom is -0.344 e. The third-order valence-corrected chi connectivity index (χ3v) is 2.94. The summed E-state index contributed by atoms with van der Waals surface area (Å²) in [5.41, 5.74) is 1.84. The van der Waals surface area contributed by atoms with Gasteiger partial charge in [0.15, 0.2) is 0 Å². The van der Waals surface area contributed by atoms with E-state index >= 15 is 0 Å². The average molecular weight is 283 g/mol. The second-order valence-corrected chi connectivity index (χ2v) is 4.66. The molecule has 5 heteroatoms. The van der Waals surface area contributed by atoms with E-state index in [9.17, 15) is 9.59 Å². The van der Waals surface area contributed by atoms with Crippen LogP contribution in [0, 0.1) is 0 Å². The molecule has 0 saturated carbocycles. The summed E-state index contributed by atoms with van der Waals surface area (Å²) in [4.78, 5) is 22.6. The molecule has 84 valence electrons. The molecule has 0 saturated heterocycles. The smallest absolute Gasteiger partial charge is 0.247 e. The predicted molar refractivity (Wildman–Crippen MR) is 64.1 cm³/mol. The summed E-state index contributed by atoms with van der Waals surface area (Å²) >= 11 is 3.38. The number of anilines is 1. The maximum absolute atomic E-state index is 11.6. The van der Waals surface area contributed by atoms with Crippen LogP contribution in [0.1, 0.15) is 12.5 Å². The molecule has 2 rings (SSSR count). The molecule has 0 fully saturated rings. The quantitative estimate of drug-likeness (QED) is 0.819. The number of benzene rings is 1. The van der Waals surface area contributed by atoms with E-state index in [1.54, 1.807) is 0 Å². The van der Waals surface area contributed by atoms with E-state index in [-0.39, 0.29) is 11.8 Å². The molecular formula is C11H11BrN2O2. The maximum atomic E-state index is 11.6. The SMILES string of the molecule is CC(=O)NC1Cc2cc(Br)ccc2NC1=O. The molecule has 0 aromatic heterocycles. The Labute approximate surface area is 102 Å². The van der Waals surface area contributed by atoms with E-state index in [0.29, 0.717) is 6.42 Å². The molecule has 4 nitrogen and oxygen atoms in total. The van der Waals surface area contributed by atoms with E-state index < -0.39 is 6.04 Å². The molecule has 2 N–H and O–H groups in total. The summed E-state index contributed by atoms with van der Waals surface area (Å²) in [5.74, 6) is -0.358. The second-order valence-electron chi connectivity index (χ2n) is 3.75. The topological polar surface area (TPSA) is 58.2 Å². The number of halogens is 1. The lowest BCUT2D eigenvalue weighted by atomic mass is 9.99. The molecule has 1 aromatic carbocycles. The summed E-state index contributed by atoms with van der Waals surface area (Å²) in [5, 5.41) is 5.39. The first-order chi connectivity index (χ1) is 7.56. The minimum absolute atomic E-state index is 0.162. The second kappa shape index (κ2) is 4.25. The number of carbonyl (C=O) groups excluding carboxylic acids is 2. The van der Waals surface area contributed by atoms with E-state index in [1.165, 1.54) is 6.92 Å². The minimum atomic E-state index is -0.473. The largest absolute Gasteiger partial charge is 0.344 e. The summed E-state index contributed by atoms with van der Waals surface area (Å²) in [7, 11) is 0. The van der Waals surface area contributed by atoms with E-state index in [4.69, 9.17) is 0 Å². The molecule has 0 bridgehead atoms. The van der Waals surface area contributed by atoms with Crippen LogP contribution in [0.5, 0.6) is 0 Å². The van der Waals surface area contributed by atoms with Crippen LogP contribution in [0.15, 0.2) is 22.7 Å². The van der Waals surface area contributed by atoms with Crippen molar-refractivity contribution in [3.8, 4) is 0 Å². The predicted octanol–water partition coefficient (Wildman–Crippen LogP) is 1.45. The fourth-order valence-electron chi connectivity index (χ4n) is 1.75. The first-order valence-corrected chi connectivity index (χ1v) is 5.72. The third-order valence-electron chi connectivity index (χ3n) is 2.44. The zero-order chi connectivity index (χ0) is 11.7. The van der Waals surface area contributed by atoms with Gasteiger partial charge in [0.25, 0.3) is 0 Å². The number of hydrogen-bond acceptors (Lipinski definition) is 2.